The second-order valence-electron chi connectivity index (χ2n) is 5.16. The third kappa shape index (κ3) is 4.30. The molecule has 0 bridgehead atoms. The zero-order valence-electron chi connectivity index (χ0n) is 12.8. The number of aryl methyl sites for hydroxylation is 1. The van der Waals surface area contributed by atoms with Crippen molar-refractivity contribution in [3.63, 3.8) is 0 Å². The minimum atomic E-state index is -0.211. The maximum Gasteiger partial charge on any atom is 0.246 e. The number of hydrogen-bond donors (Lipinski definition) is 2. The minimum Gasteiger partial charge on any atom is -0.367 e. The summed E-state index contributed by atoms with van der Waals surface area (Å²) >= 11 is 0. The number of ether oxygens (including phenoxy) is 1. The first-order chi connectivity index (χ1) is 10.6. The van der Waals surface area contributed by atoms with E-state index in [2.05, 4.69) is 10.3 Å². The molecular formula is C17H20N2O3. The van der Waals surface area contributed by atoms with Gasteiger partial charge in [0.15, 0.2) is 5.43 Å². The van der Waals surface area contributed by atoms with E-state index >= 15 is 0 Å². The summed E-state index contributed by atoms with van der Waals surface area (Å²) < 4.78 is 5.36. The lowest BCUT2D eigenvalue weighted by Crippen LogP contribution is -2.29. The molecule has 0 radical (unpaired) electrons. The normalized spacial score (nSPS) is 10.5. The summed E-state index contributed by atoms with van der Waals surface area (Å²) in [5.41, 5.74) is 3.04. The van der Waals surface area contributed by atoms with Crippen molar-refractivity contribution in [1.29, 1.82) is 0 Å². The van der Waals surface area contributed by atoms with Gasteiger partial charge in [-0.1, -0.05) is 30.3 Å². The SMILES string of the molecule is Cc1c[nH]c(CNC(=O)COCc2ccccc2)c(C)c1=O. The quantitative estimate of drug-likeness (QED) is 0.855. The van der Waals surface area contributed by atoms with Gasteiger partial charge < -0.3 is 15.0 Å². The van der Waals surface area contributed by atoms with Gasteiger partial charge in [-0.25, -0.2) is 0 Å². The first kappa shape index (κ1) is 16.0. The van der Waals surface area contributed by atoms with Crippen molar-refractivity contribution in [3.8, 4) is 0 Å². The lowest BCUT2D eigenvalue weighted by Gasteiger charge is -2.09. The summed E-state index contributed by atoms with van der Waals surface area (Å²) in [5.74, 6) is -0.211. The van der Waals surface area contributed by atoms with Gasteiger partial charge in [0.05, 0.1) is 13.2 Å². The fraction of sp³-hybridized carbons (Fsp3) is 0.294. The molecule has 0 saturated carbocycles. The maximum absolute atomic E-state index is 11.8. The Morgan fingerprint density at radius 2 is 1.95 bits per heavy atom. The number of H-pyrrole nitrogens is 1. The highest BCUT2D eigenvalue weighted by molar-refractivity contribution is 5.77. The third-order valence-electron chi connectivity index (χ3n) is 3.42. The van der Waals surface area contributed by atoms with Gasteiger partial charge in [-0.15, -0.1) is 0 Å². The molecule has 2 rings (SSSR count). The van der Waals surface area contributed by atoms with Gasteiger partial charge in [-0.2, -0.15) is 0 Å². The Bertz CT molecular complexity index is 693. The molecule has 0 spiro atoms. The number of hydrogen-bond acceptors (Lipinski definition) is 3. The highest BCUT2D eigenvalue weighted by Gasteiger charge is 2.07. The van der Waals surface area contributed by atoms with E-state index in [1.165, 1.54) is 0 Å². The second kappa shape index (κ2) is 7.56. The van der Waals surface area contributed by atoms with Crippen LogP contribution in [0, 0.1) is 13.8 Å². The number of nitrogens with one attached hydrogen (secondary N) is 2. The molecule has 1 heterocycles. The Balaban J connectivity index is 1.79. The smallest absolute Gasteiger partial charge is 0.246 e. The van der Waals surface area contributed by atoms with Crippen LogP contribution in [0.25, 0.3) is 0 Å². The van der Waals surface area contributed by atoms with E-state index in [1.54, 1.807) is 20.0 Å². The molecule has 0 atom stereocenters. The lowest BCUT2D eigenvalue weighted by molar-refractivity contribution is -0.126. The summed E-state index contributed by atoms with van der Waals surface area (Å²) in [5, 5.41) is 2.74. The third-order valence-corrected chi connectivity index (χ3v) is 3.42. The predicted molar refractivity (Wildman–Crippen MR) is 84.5 cm³/mol. The number of carbonyl (C=O) groups excluding carboxylic acids is 1. The Labute approximate surface area is 129 Å². The van der Waals surface area contributed by atoms with Crippen LogP contribution in [0.5, 0.6) is 0 Å². The zero-order chi connectivity index (χ0) is 15.9. The Hall–Kier alpha value is -2.40. The predicted octanol–water partition coefficient (Wildman–Crippen LogP) is 1.82. The van der Waals surface area contributed by atoms with E-state index in [1.807, 2.05) is 30.3 Å². The van der Waals surface area contributed by atoms with E-state index in [4.69, 9.17) is 4.74 Å². The molecule has 0 unspecified atom stereocenters. The highest BCUT2D eigenvalue weighted by Crippen LogP contribution is 2.01. The van der Waals surface area contributed by atoms with Crippen molar-refractivity contribution in [2.75, 3.05) is 6.61 Å². The topological polar surface area (TPSA) is 71.2 Å². The second-order valence-corrected chi connectivity index (χ2v) is 5.16. The summed E-state index contributed by atoms with van der Waals surface area (Å²) in [6, 6.07) is 9.67. The molecule has 1 amide bonds. The minimum absolute atomic E-state index is 0.00308. The molecule has 1 aromatic heterocycles. The van der Waals surface area contributed by atoms with Gasteiger partial charge >= 0.3 is 0 Å². The molecule has 0 aliphatic rings. The highest BCUT2D eigenvalue weighted by atomic mass is 16.5. The van der Waals surface area contributed by atoms with Gasteiger partial charge in [0, 0.05) is 23.0 Å². The molecule has 5 nitrogen and oxygen atoms in total. The first-order valence-electron chi connectivity index (χ1n) is 7.14. The van der Waals surface area contributed by atoms with E-state index in [0.717, 1.165) is 5.56 Å². The standard InChI is InChI=1S/C17H20N2O3/c1-12-8-18-15(13(2)17(12)21)9-19-16(20)11-22-10-14-6-4-3-5-7-14/h3-8H,9-11H2,1-2H3,(H,18,21)(H,19,20). The van der Waals surface area contributed by atoms with Crippen molar-refractivity contribution in [2.24, 2.45) is 0 Å². The lowest BCUT2D eigenvalue weighted by atomic mass is 10.1. The molecule has 0 fully saturated rings. The molecule has 0 aliphatic heterocycles. The van der Waals surface area contributed by atoms with Crippen LogP contribution in [0.15, 0.2) is 41.3 Å². The van der Waals surface area contributed by atoms with Crippen LogP contribution in [0.1, 0.15) is 22.4 Å². The Morgan fingerprint density at radius 1 is 1.23 bits per heavy atom. The Kier molecular flexibility index (Phi) is 5.49. The molecule has 116 valence electrons. The molecule has 1 aromatic carbocycles. The monoisotopic (exact) mass is 300 g/mol. The van der Waals surface area contributed by atoms with Crippen LogP contribution in [0.4, 0.5) is 0 Å². The average Bonchev–Trinajstić information content (AvgIpc) is 2.53. The van der Waals surface area contributed by atoms with Crippen LogP contribution < -0.4 is 10.7 Å². The summed E-state index contributed by atoms with van der Waals surface area (Å²) in [7, 11) is 0. The van der Waals surface area contributed by atoms with Crippen LogP contribution in [0.2, 0.25) is 0 Å². The van der Waals surface area contributed by atoms with E-state index in [9.17, 15) is 9.59 Å². The van der Waals surface area contributed by atoms with Crippen LogP contribution >= 0.6 is 0 Å². The van der Waals surface area contributed by atoms with Gasteiger partial charge in [-0.05, 0) is 19.4 Å². The molecule has 5 heteroatoms. The molecular weight excluding hydrogens is 280 g/mol. The van der Waals surface area contributed by atoms with E-state index in [0.29, 0.717) is 23.4 Å². The molecule has 0 aliphatic carbocycles. The largest absolute Gasteiger partial charge is 0.367 e. The number of pyridine rings is 1. The van der Waals surface area contributed by atoms with Crippen LogP contribution in [-0.2, 0) is 22.7 Å². The van der Waals surface area contributed by atoms with Crippen molar-refractivity contribution >= 4 is 5.91 Å². The van der Waals surface area contributed by atoms with Crippen molar-refractivity contribution in [1.82, 2.24) is 10.3 Å². The van der Waals surface area contributed by atoms with Gasteiger partial charge in [0.1, 0.15) is 6.61 Å². The molecule has 2 aromatic rings. The first-order valence-corrected chi connectivity index (χ1v) is 7.14. The summed E-state index contributed by atoms with van der Waals surface area (Å²) in [6.45, 7) is 4.18. The van der Waals surface area contributed by atoms with E-state index in [-0.39, 0.29) is 24.5 Å². The number of benzene rings is 1. The number of aromatic amines is 1. The number of carbonyl (C=O) groups is 1. The van der Waals surface area contributed by atoms with Crippen LogP contribution in [0.3, 0.4) is 0 Å². The van der Waals surface area contributed by atoms with Crippen molar-refractivity contribution < 1.29 is 9.53 Å². The number of rotatable bonds is 6. The van der Waals surface area contributed by atoms with Gasteiger partial charge in [0.2, 0.25) is 5.91 Å². The van der Waals surface area contributed by atoms with Gasteiger partial charge in [0.25, 0.3) is 0 Å². The van der Waals surface area contributed by atoms with E-state index < -0.39 is 0 Å². The fourth-order valence-corrected chi connectivity index (χ4v) is 2.06. The molecule has 22 heavy (non-hydrogen) atoms. The number of amides is 1. The van der Waals surface area contributed by atoms with Gasteiger partial charge in [-0.3, -0.25) is 9.59 Å². The fourth-order valence-electron chi connectivity index (χ4n) is 2.06. The molecule has 0 saturated heterocycles. The maximum atomic E-state index is 11.8. The molecule has 2 N–H and O–H groups in total. The van der Waals surface area contributed by atoms with Crippen molar-refractivity contribution in [3.05, 3.63) is 69.1 Å². The summed E-state index contributed by atoms with van der Waals surface area (Å²) in [6.07, 6.45) is 1.66. The summed E-state index contributed by atoms with van der Waals surface area (Å²) in [4.78, 5) is 26.6. The number of aromatic nitrogens is 1. The van der Waals surface area contributed by atoms with Crippen molar-refractivity contribution in [2.45, 2.75) is 27.0 Å². The Morgan fingerprint density at radius 3 is 2.68 bits per heavy atom. The zero-order valence-corrected chi connectivity index (χ0v) is 12.8. The average molecular weight is 300 g/mol. The van der Waals surface area contributed by atoms with Crippen LogP contribution in [-0.4, -0.2) is 17.5 Å².